The van der Waals surface area contributed by atoms with E-state index in [1.165, 1.54) is 5.56 Å². The normalized spacial score (nSPS) is 16.5. The van der Waals surface area contributed by atoms with Crippen LogP contribution in [0.3, 0.4) is 0 Å². The number of aromatic nitrogens is 2. The third-order valence-corrected chi connectivity index (χ3v) is 6.26. The quantitative estimate of drug-likeness (QED) is 0.583. The number of amides is 1. The summed E-state index contributed by atoms with van der Waals surface area (Å²) in [5.74, 6) is 0.482. The minimum absolute atomic E-state index is 0.0404. The second-order valence-corrected chi connectivity index (χ2v) is 8.27. The van der Waals surface area contributed by atoms with Crippen molar-refractivity contribution in [3.63, 3.8) is 0 Å². The largest absolute Gasteiger partial charge is 0.391 e. The summed E-state index contributed by atoms with van der Waals surface area (Å²) >= 11 is 6.67. The number of benzene rings is 1. The monoisotopic (exact) mass is 426 g/mol. The highest BCUT2D eigenvalue weighted by atomic mass is 35.5. The van der Waals surface area contributed by atoms with Crippen LogP contribution in [0.1, 0.15) is 25.3 Å². The molecule has 1 aromatic carbocycles. The van der Waals surface area contributed by atoms with Crippen LogP contribution < -0.4 is 10.2 Å². The van der Waals surface area contributed by atoms with Gasteiger partial charge in [-0.05, 0) is 30.5 Å². The number of nitrogens with one attached hydrogen (secondary N) is 2. The molecule has 2 aliphatic rings. The number of amidine groups is 1. The Morgan fingerprint density at radius 1 is 1.27 bits per heavy atom. The van der Waals surface area contributed by atoms with Gasteiger partial charge in [0.05, 0.1) is 17.8 Å². The first-order valence-electron chi connectivity index (χ1n) is 10.2. The van der Waals surface area contributed by atoms with Gasteiger partial charge in [0.15, 0.2) is 0 Å². The van der Waals surface area contributed by atoms with Gasteiger partial charge in [-0.2, -0.15) is 5.10 Å². The number of aryl methyl sites for hydroxylation is 2. The molecule has 2 N–H and O–H groups in total. The van der Waals surface area contributed by atoms with E-state index in [-0.39, 0.29) is 5.91 Å². The van der Waals surface area contributed by atoms with Crippen LogP contribution in [0.2, 0.25) is 5.02 Å². The standard InChI is InChI=1S/C22H27ClN6O/c1-14(30)28-8-6-20(25-2)18(13-28)22(24)29-7-4-5-15-9-17(19(23)10-21(15)29)16-11-26-27(3)12-16/h9-12,24-25H,4-8,13H2,1-3H3. The second-order valence-electron chi connectivity index (χ2n) is 7.86. The van der Waals surface area contributed by atoms with Crippen molar-refractivity contribution >= 4 is 29.0 Å². The number of hydrogen-bond acceptors (Lipinski definition) is 4. The Hall–Kier alpha value is -2.80. The van der Waals surface area contributed by atoms with Gasteiger partial charge in [-0.25, -0.2) is 0 Å². The van der Waals surface area contributed by atoms with Crippen molar-refractivity contribution in [1.82, 2.24) is 20.0 Å². The van der Waals surface area contributed by atoms with Crippen molar-refractivity contribution in [3.8, 4) is 11.1 Å². The van der Waals surface area contributed by atoms with Gasteiger partial charge in [0.25, 0.3) is 0 Å². The lowest BCUT2D eigenvalue weighted by Crippen LogP contribution is -2.44. The molecule has 2 aromatic rings. The summed E-state index contributed by atoms with van der Waals surface area (Å²) in [6, 6.07) is 4.10. The molecule has 4 rings (SSSR count). The van der Waals surface area contributed by atoms with Crippen LogP contribution in [0, 0.1) is 5.41 Å². The maximum Gasteiger partial charge on any atom is 0.219 e. The van der Waals surface area contributed by atoms with E-state index in [4.69, 9.17) is 17.0 Å². The molecule has 30 heavy (non-hydrogen) atoms. The average Bonchev–Trinajstić information content (AvgIpc) is 3.17. The number of carbonyl (C=O) groups excluding carboxylic acids is 1. The molecule has 3 heterocycles. The van der Waals surface area contributed by atoms with Crippen LogP contribution in [0.4, 0.5) is 5.69 Å². The summed E-state index contributed by atoms with van der Waals surface area (Å²) < 4.78 is 1.77. The molecule has 0 radical (unpaired) electrons. The van der Waals surface area contributed by atoms with E-state index in [0.717, 1.165) is 53.9 Å². The van der Waals surface area contributed by atoms with Gasteiger partial charge in [-0.15, -0.1) is 0 Å². The predicted molar refractivity (Wildman–Crippen MR) is 120 cm³/mol. The van der Waals surface area contributed by atoms with Crippen molar-refractivity contribution in [3.05, 3.63) is 46.4 Å². The van der Waals surface area contributed by atoms with Gasteiger partial charge in [0, 0.05) is 74.8 Å². The summed E-state index contributed by atoms with van der Waals surface area (Å²) in [4.78, 5) is 15.8. The molecule has 0 atom stereocenters. The minimum atomic E-state index is 0.0404. The minimum Gasteiger partial charge on any atom is -0.391 e. The van der Waals surface area contributed by atoms with Crippen molar-refractivity contribution < 1.29 is 4.79 Å². The zero-order chi connectivity index (χ0) is 21.4. The number of hydrogen-bond donors (Lipinski definition) is 2. The molecule has 0 fully saturated rings. The topological polar surface area (TPSA) is 77.2 Å². The second kappa shape index (κ2) is 8.14. The molecule has 1 aromatic heterocycles. The molecular formula is C22H27ClN6O. The van der Waals surface area contributed by atoms with E-state index >= 15 is 0 Å². The summed E-state index contributed by atoms with van der Waals surface area (Å²) in [7, 11) is 3.77. The lowest BCUT2D eigenvalue weighted by atomic mass is 9.95. The molecule has 7 nitrogen and oxygen atoms in total. The molecule has 0 aliphatic carbocycles. The van der Waals surface area contributed by atoms with E-state index in [1.54, 1.807) is 16.5 Å². The molecule has 8 heteroatoms. The highest BCUT2D eigenvalue weighted by molar-refractivity contribution is 6.33. The van der Waals surface area contributed by atoms with E-state index < -0.39 is 0 Å². The van der Waals surface area contributed by atoms with Gasteiger partial charge < -0.3 is 15.1 Å². The van der Waals surface area contributed by atoms with Crippen LogP contribution in [0.15, 0.2) is 35.8 Å². The SMILES string of the molecule is CNC1=C(C(=N)N2CCCc3cc(-c4cnn(C)c4)c(Cl)cc32)CN(C(C)=O)CC1. The molecule has 0 spiro atoms. The van der Waals surface area contributed by atoms with Crippen LogP contribution >= 0.6 is 11.6 Å². The summed E-state index contributed by atoms with van der Waals surface area (Å²) in [5, 5.41) is 17.1. The fourth-order valence-corrected chi connectivity index (χ4v) is 4.58. The Morgan fingerprint density at radius 3 is 2.73 bits per heavy atom. The van der Waals surface area contributed by atoms with E-state index in [0.29, 0.717) is 23.9 Å². The zero-order valence-electron chi connectivity index (χ0n) is 17.6. The first-order chi connectivity index (χ1) is 14.4. The highest BCUT2D eigenvalue weighted by Crippen LogP contribution is 2.38. The number of carbonyl (C=O) groups is 1. The van der Waals surface area contributed by atoms with Crippen molar-refractivity contribution in [2.45, 2.75) is 26.2 Å². The number of anilines is 1. The Kier molecular flexibility index (Phi) is 5.56. The van der Waals surface area contributed by atoms with Crippen molar-refractivity contribution in [1.29, 1.82) is 5.41 Å². The highest BCUT2D eigenvalue weighted by Gasteiger charge is 2.29. The molecule has 1 amide bonds. The van der Waals surface area contributed by atoms with Gasteiger partial charge in [0.1, 0.15) is 5.84 Å². The lowest BCUT2D eigenvalue weighted by molar-refractivity contribution is -0.128. The molecule has 158 valence electrons. The molecular weight excluding hydrogens is 400 g/mol. The maximum atomic E-state index is 11.9. The Balaban J connectivity index is 1.70. The molecule has 0 unspecified atom stereocenters. The van der Waals surface area contributed by atoms with Crippen LogP contribution in [0.25, 0.3) is 11.1 Å². The van der Waals surface area contributed by atoms with Crippen molar-refractivity contribution in [2.75, 3.05) is 31.6 Å². The van der Waals surface area contributed by atoms with Gasteiger partial charge in [-0.1, -0.05) is 11.6 Å². The third-order valence-electron chi connectivity index (χ3n) is 5.95. The Bertz CT molecular complexity index is 1040. The van der Waals surface area contributed by atoms with E-state index in [9.17, 15) is 4.79 Å². The van der Waals surface area contributed by atoms with Gasteiger partial charge in [-0.3, -0.25) is 14.9 Å². The fraction of sp³-hybridized carbons (Fsp3) is 0.409. The van der Waals surface area contributed by atoms with Crippen LogP contribution in [0.5, 0.6) is 0 Å². The summed E-state index contributed by atoms with van der Waals surface area (Å²) in [6.07, 6.45) is 6.41. The average molecular weight is 427 g/mol. The molecule has 0 saturated heterocycles. The Labute approximate surface area is 181 Å². The predicted octanol–water partition coefficient (Wildman–Crippen LogP) is 3.20. The number of nitrogens with zero attached hydrogens (tertiary/aromatic N) is 4. The van der Waals surface area contributed by atoms with Gasteiger partial charge >= 0.3 is 0 Å². The third kappa shape index (κ3) is 3.69. The zero-order valence-corrected chi connectivity index (χ0v) is 18.4. The summed E-state index contributed by atoms with van der Waals surface area (Å²) in [5.41, 5.74) is 6.02. The van der Waals surface area contributed by atoms with Gasteiger partial charge in [0.2, 0.25) is 5.91 Å². The molecule has 0 saturated carbocycles. The molecule has 0 bridgehead atoms. The molecule has 2 aliphatic heterocycles. The van der Waals surface area contributed by atoms with Crippen LogP contribution in [-0.4, -0.2) is 53.1 Å². The van der Waals surface area contributed by atoms with E-state index in [2.05, 4.69) is 16.5 Å². The fourth-order valence-electron chi connectivity index (χ4n) is 4.31. The van der Waals surface area contributed by atoms with Crippen molar-refractivity contribution in [2.24, 2.45) is 7.05 Å². The smallest absolute Gasteiger partial charge is 0.219 e. The first kappa shape index (κ1) is 20.5. The van der Waals surface area contributed by atoms with E-state index in [1.807, 2.05) is 37.5 Å². The first-order valence-corrected chi connectivity index (χ1v) is 10.6. The maximum absolute atomic E-state index is 11.9. The number of fused-ring (bicyclic) bond motifs is 1. The lowest BCUT2D eigenvalue weighted by Gasteiger charge is -2.37. The summed E-state index contributed by atoms with van der Waals surface area (Å²) in [6.45, 7) is 3.48. The Morgan fingerprint density at radius 2 is 2.07 bits per heavy atom. The number of rotatable bonds is 3. The number of halogens is 1. The van der Waals surface area contributed by atoms with Crippen LogP contribution in [-0.2, 0) is 18.3 Å².